The van der Waals surface area contributed by atoms with Crippen LogP contribution in [0.3, 0.4) is 0 Å². The monoisotopic (exact) mass is 299 g/mol. The zero-order chi connectivity index (χ0) is 14.8. The zero-order valence-electron chi connectivity index (χ0n) is 13.1. The van der Waals surface area contributed by atoms with Gasteiger partial charge in [0.15, 0.2) is 5.65 Å². The number of nitrogens with zero attached hydrogens (tertiary/aromatic N) is 3. The lowest BCUT2D eigenvalue weighted by Crippen LogP contribution is -2.32. The number of nitrogens with one attached hydrogen (secondary N) is 2. The van der Waals surface area contributed by atoms with Crippen molar-refractivity contribution in [1.82, 2.24) is 25.2 Å². The van der Waals surface area contributed by atoms with E-state index >= 15 is 0 Å². The van der Waals surface area contributed by atoms with Gasteiger partial charge in [-0.3, -0.25) is 0 Å². The van der Waals surface area contributed by atoms with Gasteiger partial charge in [-0.15, -0.1) is 0 Å². The summed E-state index contributed by atoms with van der Waals surface area (Å²) in [5.41, 5.74) is 2.10. The topological polar surface area (TPSA) is 54.8 Å². The minimum Gasteiger partial charge on any atom is -0.317 e. The molecule has 0 aliphatic carbocycles. The molecule has 0 amide bonds. The van der Waals surface area contributed by atoms with E-state index < -0.39 is 0 Å². The highest BCUT2D eigenvalue weighted by atomic mass is 15.2. The van der Waals surface area contributed by atoms with Crippen molar-refractivity contribution in [3.63, 3.8) is 0 Å². The molecule has 0 spiro atoms. The van der Waals surface area contributed by atoms with Crippen molar-refractivity contribution < 1.29 is 0 Å². The summed E-state index contributed by atoms with van der Waals surface area (Å²) in [6.07, 6.45) is 8.16. The Morgan fingerprint density at radius 2 is 2.05 bits per heavy atom. The quantitative estimate of drug-likeness (QED) is 0.913. The number of hydrogen-bond acceptors (Lipinski definition) is 4. The summed E-state index contributed by atoms with van der Waals surface area (Å²) in [6.45, 7) is 4.45. The lowest BCUT2D eigenvalue weighted by atomic mass is 9.97. The fourth-order valence-electron chi connectivity index (χ4n) is 3.82. The van der Waals surface area contributed by atoms with Crippen LogP contribution in [0.15, 0.2) is 18.3 Å². The normalized spacial score (nSPS) is 23.9. The lowest BCUT2D eigenvalue weighted by Gasteiger charge is -2.27. The summed E-state index contributed by atoms with van der Waals surface area (Å²) in [6, 6.07) is 4.47. The average molecular weight is 299 g/mol. The smallest absolute Gasteiger partial charge is 0.160 e. The van der Waals surface area contributed by atoms with Crippen LogP contribution in [-0.4, -0.2) is 34.2 Å². The molecule has 2 aliphatic rings. The Hall–Kier alpha value is -1.46. The first-order valence-corrected chi connectivity index (χ1v) is 8.67. The van der Waals surface area contributed by atoms with Gasteiger partial charge < -0.3 is 15.2 Å². The predicted octanol–water partition coefficient (Wildman–Crippen LogP) is 2.25. The lowest BCUT2D eigenvalue weighted by molar-refractivity contribution is 0.319. The first-order chi connectivity index (χ1) is 10.9. The van der Waals surface area contributed by atoms with Crippen LogP contribution in [0.5, 0.6) is 0 Å². The van der Waals surface area contributed by atoms with Crippen LogP contribution in [0.4, 0.5) is 0 Å². The van der Waals surface area contributed by atoms with Crippen LogP contribution in [0.25, 0.3) is 11.2 Å². The van der Waals surface area contributed by atoms with Crippen molar-refractivity contribution in [2.45, 2.75) is 44.7 Å². The van der Waals surface area contributed by atoms with Crippen molar-refractivity contribution in [3.8, 4) is 0 Å². The van der Waals surface area contributed by atoms with E-state index in [0.717, 1.165) is 43.3 Å². The van der Waals surface area contributed by atoms with Crippen molar-refractivity contribution in [3.05, 3.63) is 24.2 Å². The molecule has 4 heterocycles. The minimum absolute atomic E-state index is 0.393. The molecular weight excluding hydrogens is 274 g/mol. The molecule has 2 aromatic heterocycles. The highest BCUT2D eigenvalue weighted by Crippen LogP contribution is 2.27. The molecule has 0 radical (unpaired) electrons. The molecule has 4 rings (SSSR count). The maximum atomic E-state index is 4.92. The molecule has 2 fully saturated rings. The molecule has 2 N–H and O–H groups in total. The van der Waals surface area contributed by atoms with E-state index in [1.165, 1.54) is 37.9 Å². The Labute approximate surface area is 131 Å². The molecule has 2 aromatic rings. The van der Waals surface area contributed by atoms with Gasteiger partial charge in [-0.2, -0.15) is 0 Å². The molecule has 5 nitrogen and oxygen atoms in total. The highest BCUT2D eigenvalue weighted by molar-refractivity contribution is 5.71. The van der Waals surface area contributed by atoms with Crippen molar-refractivity contribution in [2.75, 3.05) is 19.6 Å². The van der Waals surface area contributed by atoms with Gasteiger partial charge >= 0.3 is 0 Å². The molecule has 0 bridgehead atoms. The van der Waals surface area contributed by atoms with Crippen LogP contribution in [-0.2, 0) is 6.54 Å². The van der Waals surface area contributed by atoms with Crippen LogP contribution in [0.1, 0.15) is 44.0 Å². The van der Waals surface area contributed by atoms with Crippen LogP contribution < -0.4 is 10.6 Å². The number of piperidine rings is 2. The molecular formula is C17H25N5. The fraction of sp³-hybridized carbons (Fsp3) is 0.647. The second-order valence-corrected chi connectivity index (χ2v) is 6.62. The maximum Gasteiger partial charge on any atom is 0.160 e. The largest absolute Gasteiger partial charge is 0.317 e. The molecule has 5 heteroatoms. The first-order valence-electron chi connectivity index (χ1n) is 8.67. The Morgan fingerprint density at radius 1 is 1.14 bits per heavy atom. The number of hydrogen-bond donors (Lipinski definition) is 2. The summed E-state index contributed by atoms with van der Waals surface area (Å²) < 4.78 is 2.40. The van der Waals surface area contributed by atoms with Gasteiger partial charge in [0.05, 0.1) is 6.04 Å². The van der Waals surface area contributed by atoms with E-state index in [-0.39, 0.29) is 0 Å². The molecule has 0 saturated carbocycles. The van der Waals surface area contributed by atoms with E-state index in [4.69, 9.17) is 4.98 Å². The molecule has 2 aliphatic heterocycles. The Balaban J connectivity index is 1.69. The number of fused-ring (bicyclic) bond motifs is 1. The minimum atomic E-state index is 0.393. The van der Waals surface area contributed by atoms with E-state index in [1.807, 2.05) is 12.3 Å². The summed E-state index contributed by atoms with van der Waals surface area (Å²) in [5, 5.41) is 7.11. The van der Waals surface area contributed by atoms with Crippen LogP contribution in [0, 0.1) is 5.92 Å². The number of imidazole rings is 1. The Bertz CT molecular complexity index is 623. The van der Waals surface area contributed by atoms with Gasteiger partial charge in [0.25, 0.3) is 0 Å². The van der Waals surface area contributed by atoms with Crippen molar-refractivity contribution in [2.24, 2.45) is 5.92 Å². The molecule has 1 atom stereocenters. The van der Waals surface area contributed by atoms with Gasteiger partial charge in [0.2, 0.25) is 0 Å². The third kappa shape index (κ3) is 2.75. The third-order valence-corrected chi connectivity index (χ3v) is 5.05. The van der Waals surface area contributed by atoms with E-state index in [9.17, 15) is 0 Å². The zero-order valence-corrected chi connectivity index (χ0v) is 13.1. The summed E-state index contributed by atoms with van der Waals surface area (Å²) in [4.78, 5) is 9.54. The first kappa shape index (κ1) is 14.2. The number of rotatable bonds is 3. The fourth-order valence-corrected chi connectivity index (χ4v) is 3.82. The van der Waals surface area contributed by atoms with Gasteiger partial charge in [0, 0.05) is 12.7 Å². The molecule has 22 heavy (non-hydrogen) atoms. The second kappa shape index (κ2) is 6.34. The second-order valence-electron chi connectivity index (χ2n) is 6.62. The van der Waals surface area contributed by atoms with Gasteiger partial charge in [-0.1, -0.05) is 6.42 Å². The van der Waals surface area contributed by atoms with Crippen LogP contribution in [0.2, 0.25) is 0 Å². The number of pyridine rings is 1. The maximum absolute atomic E-state index is 4.92. The van der Waals surface area contributed by atoms with Crippen LogP contribution >= 0.6 is 0 Å². The van der Waals surface area contributed by atoms with Crippen molar-refractivity contribution in [1.29, 1.82) is 0 Å². The van der Waals surface area contributed by atoms with Gasteiger partial charge in [-0.25, -0.2) is 9.97 Å². The van der Waals surface area contributed by atoms with E-state index in [0.29, 0.717) is 6.04 Å². The third-order valence-electron chi connectivity index (χ3n) is 5.05. The number of aromatic nitrogens is 3. The molecule has 0 aromatic carbocycles. The van der Waals surface area contributed by atoms with Gasteiger partial charge in [0.1, 0.15) is 11.3 Å². The molecule has 1 unspecified atom stereocenters. The Morgan fingerprint density at radius 3 is 2.86 bits per heavy atom. The molecule has 2 saturated heterocycles. The highest BCUT2D eigenvalue weighted by Gasteiger charge is 2.24. The standard InChI is InChI=1S/C17H25N5/c1-2-8-19-14(4-1)17-21-15-5-3-9-20-16(15)22(17)12-13-6-10-18-11-7-13/h3,5,9,13-14,18-19H,1-2,4,6-8,10-12H2. The van der Waals surface area contributed by atoms with Crippen molar-refractivity contribution >= 4 is 11.2 Å². The summed E-state index contributed by atoms with van der Waals surface area (Å²) in [7, 11) is 0. The van der Waals surface area contributed by atoms with E-state index in [1.54, 1.807) is 0 Å². The van der Waals surface area contributed by atoms with Gasteiger partial charge in [-0.05, 0) is 63.4 Å². The predicted molar refractivity (Wildman–Crippen MR) is 87.7 cm³/mol. The average Bonchev–Trinajstić information content (AvgIpc) is 2.95. The van der Waals surface area contributed by atoms with E-state index in [2.05, 4.69) is 26.3 Å². The summed E-state index contributed by atoms with van der Waals surface area (Å²) >= 11 is 0. The molecule has 118 valence electrons. The Kier molecular flexibility index (Phi) is 4.08. The summed E-state index contributed by atoms with van der Waals surface area (Å²) in [5.74, 6) is 1.94. The SMILES string of the molecule is c1cnc2c(c1)nc(C1CCCCN1)n2CC1CCNCC1.